The number of hydrogen-bond acceptors (Lipinski definition) is 3. The van der Waals surface area contributed by atoms with Gasteiger partial charge in [-0.1, -0.05) is 18.2 Å². The number of carbonyl (C=O) groups is 1. The Morgan fingerprint density at radius 2 is 1.74 bits per heavy atom. The highest BCUT2D eigenvalue weighted by molar-refractivity contribution is 5.94. The van der Waals surface area contributed by atoms with Crippen LogP contribution in [0.15, 0.2) is 59.4 Å². The highest BCUT2D eigenvalue weighted by Crippen LogP contribution is 2.16. The van der Waals surface area contributed by atoms with Gasteiger partial charge in [-0.2, -0.15) is 0 Å². The number of para-hydroxylation sites is 1. The Bertz CT molecular complexity index is 1010. The quantitative estimate of drug-likeness (QED) is 0.752. The summed E-state index contributed by atoms with van der Waals surface area (Å²) in [5.74, 6) is -0.489. The van der Waals surface area contributed by atoms with Gasteiger partial charge in [-0.25, -0.2) is 9.07 Å². The van der Waals surface area contributed by atoms with Gasteiger partial charge in [0.05, 0.1) is 11.4 Å². The van der Waals surface area contributed by atoms with Crippen LogP contribution in [-0.2, 0) is 11.8 Å². The zero-order valence-corrected chi connectivity index (χ0v) is 15.3. The fourth-order valence-corrected chi connectivity index (χ4v) is 2.71. The van der Waals surface area contributed by atoms with Gasteiger partial charge in [0.25, 0.3) is 11.5 Å². The first-order valence-electron chi connectivity index (χ1n) is 8.45. The topological polar surface area (TPSA) is 65.3 Å². The molecule has 1 heterocycles. The predicted molar refractivity (Wildman–Crippen MR) is 101 cm³/mol. The maximum absolute atomic E-state index is 13.0. The summed E-state index contributed by atoms with van der Waals surface area (Å²) in [6, 6.07) is 14.5. The zero-order chi connectivity index (χ0) is 19.6. The Kier molecular flexibility index (Phi) is 5.12. The second kappa shape index (κ2) is 7.49. The number of carbonyl (C=O) groups excluding carboxylic acids is 1. The lowest BCUT2D eigenvalue weighted by molar-refractivity contribution is -0.122. The van der Waals surface area contributed by atoms with Crippen molar-refractivity contribution in [3.63, 3.8) is 0 Å². The van der Waals surface area contributed by atoms with Crippen LogP contribution in [0.3, 0.4) is 0 Å². The number of nitrogens with zero attached hydrogens (tertiary/aromatic N) is 2. The molecule has 2 aromatic carbocycles. The van der Waals surface area contributed by atoms with Crippen molar-refractivity contribution in [2.45, 2.75) is 20.0 Å². The Hall–Kier alpha value is -3.35. The lowest BCUT2D eigenvalue weighted by Gasteiger charge is -2.14. The molecule has 0 radical (unpaired) electrons. The summed E-state index contributed by atoms with van der Waals surface area (Å²) in [5.41, 5.74) is 1.18. The Morgan fingerprint density at radius 3 is 2.37 bits per heavy atom. The summed E-state index contributed by atoms with van der Waals surface area (Å²) in [7, 11) is 1.75. The number of halogens is 1. The van der Waals surface area contributed by atoms with E-state index in [2.05, 4.69) is 5.32 Å². The highest BCUT2D eigenvalue weighted by atomic mass is 19.1. The van der Waals surface area contributed by atoms with E-state index in [1.54, 1.807) is 25.6 Å². The maximum Gasteiger partial charge on any atom is 0.295 e. The number of rotatable bonds is 5. The number of benzene rings is 2. The monoisotopic (exact) mass is 369 g/mol. The molecule has 1 N–H and O–H groups in total. The largest absolute Gasteiger partial charge is 0.481 e. The van der Waals surface area contributed by atoms with Crippen molar-refractivity contribution >= 4 is 11.6 Å². The van der Waals surface area contributed by atoms with Crippen LogP contribution in [-0.4, -0.2) is 21.4 Å². The van der Waals surface area contributed by atoms with E-state index in [0.29, 0.717) is 17.1 Å². The Balaban J connectivity index is 1.82. The van der Waals surface area contributed by atoms with E-state index in [9.17, 15) is 14.0 Å². The zero-order valence-electron chi connectivity index (χ0n) is 15.3. The number of ether oxygens (including phenoxy) is 1. The predicted octanol–water partition coefficient (Wildman–Crippen LogP) is 3.03. The number of amides is 1. The van der Waals surface area contributed by atoms with Crippen molar-refractivity contribution in [1.82, 2.24) is 9.36 Å². The van der Waals surface area contributed by atoms with E-state index in [1.165, 1.54) is 28.9 Å². The average Bonchev–Trinajstić information content (AvgIpc) is 2.87. The molecule has 1 aromatic heterocycles. The Morgan fingerprint density at radius 1 is 1.11 bits per heavy atom. The summed E-state index contributed by atoms with van der Waals surface area (Å²) in [6.07, 6.45) is -0.861. The minimum Gasteiger partial charge on any atom is -0.481 e. The molecule has 0 bridgehead atoms. The maximum atomic E-state index is 13.0. The van der Waals surface area contributed by atoms with Gasteiger partial charge in [-0.3, -0.25) is 14.3 Å². The van der Waals surface area contributed by atoms with Crippen LogP contribution in [0.25, 0.3) is 5.69 Å². The normalized spacial score (nSPS) is 11.9. The molecule has 0 saturated carbocycles. The van der Waals surface area contributed by atoms with Crippen LogP contribution in [0.2, 0.25) is 0 Å². The third kappa shape index (κ3) is 3.76. The molecule has 0 saturated heterocycles. The minimum atomic E-state index is -0.861. The van der Waals surface area contributed by atoms with E-state index in [-0.39, 0.29) is 17.1 Å². The molecule has 0 aliphatic heterocycles. The van der Waals surface area contributed by atoms with Gasteiger partial charge in [0.1, 0.15) is 17.3 Å². The van der Waals surface area contributed by atoms with E-state index >= 15 is 0 Å². The molecular weight excluding hydrogens is 349 g/mol. The van der Waals surface area contributed by atoms with Crippen molar-refractivity contribution in [2.24, 2.45) is 7.05 Å². The molecule has 3 aromatic rings. The SMILES string of the molecule is Cc1c(NC(=O)C(C)Oc2ccc(F)cc2)c(=O)n(-c2ccccc2)n1C. The molecule has 0 fully saturated rings. The molecule has 140 valence electrons. The third-order valence-corrected chi connectivity index (χ3v) is 4.30. The second-order valence-electron chi connectivity index (χ2n) is 6.14. The van der Waals surface area contributed by atoms with Crippen molar-refractivity contribution in [3.8, 4) is 11.4 Å². The molecule has 0 spiro atoms. The summed E-state index contributed by atoms with van der Waals surface area (Å²) < 4.78 is 21.6. The Labute approximate surface area is 155 Å². The van der Waals surface area contributed by atoms with Crippen LogP contribution >= 0.6 is 0 Å². The average molecular weight is 369 g/mol. The molecule has 3 rings (SSSR count). The van der Waals surface area contributed by atoms with Crippen molar-refractivity contribution in [1.29, 1.82) is 0 Å². The van der Waals surface area contributed by atoms with Crippen molar-refractivity contribution in [3.05, 3.63) is 76.5 Å². The van der Waals surface area contributed by atoms with Gasteiger partial charge in [-0.15, -0.1) is 0 Å². The molecule has 7 heteroatoms. The summed E-state index contributed by atoms with van der Waals surface area (Å²) in [6.45, 7) is 3.31. The minimum absolute atomic E-state index is 0.195. The van der Waals surface area contributed by atoms with Gasteiger partial charge < -0.3 is 10.1 Å². The van der Waals surface area contributed by atoms with E-state index < -0.39 is 12.0 Å². The van der Waals surface area contributed by atoms with Gasteiger partial charge in [0.15, 0.2) is 6.10 Å². The summed E-state index contributed by atoms with van der Waals surface area (Å²) in [4.78, 5) is 25.3. The first-order chi connectivity index (χ1) is 12.9. The molecule has 0 aliphatic rings. The molecule has 1 amide bonds. The molecule has 27 heavy (non-hydrogen) atoms. The first-order valence-corrected chi connectivity index (χ1v) is 8.45. The van der Waals surface area contributed by atoms with Gasteiger partial charge >= 0.3 is 0 Å². The first kappa shape index (κ1) is 18.4. The number of hydrogen-bond donors (Lipinski definition) is 1. The van der Waals surface area contributed by atoms with Gasteiger partial charge in [-0.05, 0) is 50.2 Å². The number of nitrogens with one attached hydrogen (secondary N) is 1. The fraction of sp³-hybridized carbons (Fsp3) is 0.200. The number of aromatic nitrogens is 2. The van der Waals surface area contributed by atoms with Crippen molar-refractivity contribution in [2.75, 3.05) is 5.32 Å². The molecule has 6 nitrogen and oxygen atoms in total. The lowest BCUT2D eigenvalue weighted by Crippen LogP contribution is -2.32. The van der Waals surface area contributed by atoms with Crippen LogP contribution in [0, 0.1) is 12.7 Å². The second-order valence-corrected chi connectivity index (χ2v) is 6.14. The van der Waals surface area contributed by atoms with E-state index in [4.69, 9.17) is 4.74 Å². The van der Waals surface area contributed by atoms with Crippen molar-refractivity contribution < 1.29 is 13.9 Å². The third-order valence-electron chi connectivity index (χ3n) is 4.30. The van der Waals surface area contributed by atoms with Gasteiger partial charge in [0, 0.05) is 7.05 Å². The van der Waals surface area contributed by atoms with E-state index in [1.807, 2.05) is 30.3 Å². The van der Waals surface area contributed by atoms with Crippen LogP contribution < -0.4 is 15.6 Å². The van der Waals surface area contributed by atoms with Gasteiger partial charge in [0.2, 0.25) is 0 Å². The van der Waals surface area contributed by atoms with E-state index in [0.717, 1.165) is 0 Å². The molecule has 0 aliphatic carbocycles. The van der Waals surface area contributed by atoms with Crippen LogP contribution in [0.1, 0.15) is 12.6 Å². The highest BCUT2D eigenvalue weighted by Gasteiger charge is 2.21. The molecule has 1 atom stereocenters. The smallest absolute Gasteiger partial charge is 0.295 e. The summed E-state index contributed by atoms with van der Waals surface area (Å²) >= 11 is 0. The molecular formula is C20H20FN3O3. The summed E-state index contributed by atoms with van der Waals surface area (Å²) in [5, 5.41) is 2.65. The van der Waals surface area contributed by atoms with Crippen LogP contribution in [0.4, 0.5) is 10.1 Å². The van der Waals surface area contributed by atoms with Crippen LogP contribution in [0.5, 0.6) is 5.75 Å². The standard InChI is InChI=1S/C20H20FN3O3/c1-13-18(20(26)24(23(13)3)16-7-5-4-6-8-16)22-19(25)14(2)27-17-11-9-15(21)10-12-17/h4-12,14H,1-3H3,(H,22,25). The molecule has 1 unspecified atom stereocenters. The lowest BCUT2D eigenvalue weighted by atomic mass is 10.3. The fourth-order valence-electron chi connectivity index (χ4n) is 2.71. The number of anilines is 1.